The number of rotatable bonds is 5. The summed E-state index contributed by atoms with van der Waals surface area (Å²) in [5.41, 5.74) is 1.97. The average Bonchev–Trinajstić information content (AvgIpc) is 2.29. The van der Waals surface area contributed by atoms with Gasteiger partial charge in [0.15, 0.2) is 0 Å². The highest BCUT2D eigenvalue weighted by molar-refractivity contribution is 6.95. The fraction of sp³-hybridized carbons (Fsp3) is 0.333. The van der Waals surface area contributed by atoms with Crippen molar-refractivity contribution < 1.29 is 8.54 Å². The van der Waals surface area contributed by atoms with E-state index >= 15 is 0 Å². The molecule has 0 fully saturated rings. The van der Waals surface area contributed by atoms with Gasteiger partial charge in [0, 0.05) is 7.11 Å². The van der Waals surface area contributed by atoms with Crippen LogP contribution in [0, 0.1) is 0 Å². The predicted molar refractivity (Wildman–Crippen MR) is 73.5 cm³/mol. The van der Waals surface area contributed by atoms with Gasteiger partial charge in [-0.15, -0.1) is 6.58 Å². The molecular weight excluding hydrogens is 232 g/mol. The van der Waals surface area contributed by atoms with E-state index in [4.69, 9.17) is 8.54 Å². The fourth-order valence-corrected chi connectivity index (χ4v) is 7.85. The molecule has 0 radical (unpaired) electrons. The summed E-state index contributed by atoms with van der Waals surface area (Å²) in [6, 6.07) is 10.3. The maximum atomic E-state index is 6.25. The summed E-state index contributed by atoms with van der Waals surface area (Å²) >= 11 is 0. The molecule has 1 aromatic rings. The Morgan fingerprint density at radius 2 is 1.69 bits per heavy atom. The summed E-state index contributed by atoms with van der Waals surface area (Å²) in [7, 11) is -2.36. The third-order valence-electron chi connectivity index (χ3n) is 2.69. The van der Waals surface area contributed by atoms with E-state index in [1.54, 1.807) is 7.11 Å². The molecule has 16 heavy (non-hydrogen) atoms. The molecule has 1 rings (SSSR count). The average molecular weight is 252 g/mol. The second kappa shape index (κ2) is 5.10. The molecule has 0 heterocycles. The molecule has 0 amide bonds. The van der Waals surface area contributed by atoms with Gasteiger partial charge in [-0.2, -0.15) is 0 Å². The third-order valence-corrected chi connectivity index (χ3v) is 9.59. The van der Waals surface area contributed by atoms with E-state index in [2.05, 4.69) is 38.4 Å². The first-order valence-corrected chi connectivity index (χ1v) is 10.7. The molecule has 1 atom stereocenters. The van der Waals surface area contributed by atoms with E-state index in [1.165, 1.54) is 5.19 Å². The van der Waals surface area contributed by atoms with Crippen molar-refractivity contribution in [2.75, 3.05) is 7.11 Å². The highest BCUT2D eigenvalue weighted by atomic mass is 28.4. The Morgan fingerprint density at radius 1 is 1.12 bits per heavy atom. The predicted octanol–water partition coefficient (Wildman–Crippen LogP) is 2.56. The lowest BCUT2D eigenvalue weighted by Gasteiger charge is -2.32. The molecule has 1 unspecified atom stereocenters. The van der Waals surface area contributed by atoms with Crippen LogP contribution in [0.15, 0.2) is 42.6 Å². The first-order valence-electron chi connectivity index (χ1n) is 5.38. The Bertz CT molecular complexity index is 351. The van der Waals surface area contributed by atoms with Gasteiger partial charge in [0.05, 0.1) is 0 Å². The zero-order valence-electron chi connectivity index (χ0n) is 10.5. The summed E-state index contributed by atoms with van der Waals surface area (Å²) in [6.07, 6.45) is 0. The van der Waals surface area contributed by atoms with E-state index in [0.717, 1.165) is 0 Å². The van der Waals surface area contributed by atoms with Crippen molar-refractivity contribution in [2.45, 2.75) is 19.6 Å². The van der Waals surface area contributed by atoms with Gasteiger partial charge in [0.1, 0.15) is 0 Å². The maximum absolute atomic E-state index is 6.25. The van der Waals surface area contributed by atoms with Crippen molar-refractivity contribution in [3.05, 3.63) is 42.6 Å². The molecule has 2 nitrogen and oxygen atoms in total. The molecule has 0 saturated heterocycles. The Labute approximate surface area is 100 Å². The maximum Gasteiger partial charge on any atom is 0.321 e. The summed E-state index contributed by atoms with van der Waals surface area (Å²) in [5.74, 6) is 0. The Kier molecular flexibility index (Phi) is 4.26. The number of hydrogen-bond acceptors (Lipinski definition) is 2. The van der Waals surface area contributed by atoms with Crippen LogP contribution in [-0.2, 0) is 8.54 Å². The van der Waals surface area contributed by atoms with E-state index in [1.807, 2.05) is 23.9 Å². The molecule has 4 heteroatoms. The third kappa shape index (κ3) is 3.15. The monoisotopic (exact) mass is 252 g/mol. The van der Waals surface area contributed by atoms with E-state index in [0.29, 0.717) is 0 Å². The molecule has 0 N–H and O–H groups in total. The SMILES string of the molecule is C=C[Si](C)(O[Si](C)(C)OC)c1ccccc1. The first kappa shape index (κ1) is 13.4. The molecule has 0 spiro atoms. The van der Waals surface area contributed by atoms with Crippen molar-refractivity contribution in [1.29, 1.82) is 0 Å². The van der Waals surface area contributed by atoms with Gasteiger partial charge in [-0.1, -0.05) is 36.0 Å². The zero-order chi connectivity index (χ0) is 12.2. The number of benzene rings is 1. The van der Waals surface area contributed by atoms with E-state index in [9.17, 15) is 0 Å². The van der Waals surface area contributed by atoms with Crippen LogP contribution < -0.4 is 5.19 Å². The second-order valence-corrected chi connectivity index (χ2v) is 11.6. The first-order chi connectivity index (χ1) is 7.43. The fourth-order valence-electron chi connectivity index (χ4n) is 1.54. The highest BCUT2D eigenvalue weighted by Crippen LogP contribution is 2.15. The van der Waals surface area contributed by atoms with Crippen molar-refractivity contribution in [3.63, 3.8) is 0 Å². The van der Waals surface area contributed by atoms with Gasteiger partial charge in [-0.05, 0) is 24.8 Å². The van der Waals surface area contributed by atoms with Gasteiger partial charge in [0.25, 0.3) is 0 Å². The van der Waals surface area contributed by atoms with Crippen LogP contribution in [0.2, 0.25) is 19.6 Å². The quantitative estimate of drug-likeness (QED) is 0.750. The second-order valence-electron chi connectivity index (χ2n) is 4.38. The topological polar surface area (TPSA) is 18.5 Å². The molecular formula is C12H20O2Si2. The lowest BCUT2D eigenvalue weighted by Crippen LogP contribution is -2.54. The van der Waals surface area contributed by atoms with Crippen LogP contribution in [0.1, 0.15) is 0 Å². The minimum Gasteiger partial charge on any atom is -0.429 e. The molecule has 88 valence electrons. The lowest BCUT2D eigenvalue weighted by molar-refractivity contribution is 0.314. The summed E-state index contributed by atoms with van der Waals surface area (Å²) < 4.78 is 11.7. The molecule has 0 saturated carbocycles. The lowest BCUT2D eigenvalue weighted by atomic mass is 10.4. The molecule has 0 aliphatic rings. The Hall–Kier alpha value is -0.686. The molecule has 0 aliphatic heterocycles. The van der Waals surface area contributed by atoms with Crippen molar-refractivity contribution >= 4 is 22.1 Å². The minimum absolute atomic E-state index is 1.24. The molecule has 0 bridgehead atoms. The van der Waals surface area contributed by atoms with Crippen LogP contribution in [0.5, 0.6) is 0 Å². The van der Waals surface area contributed by atoms with Gasteiger partial charge in [-0.25, -0.2) is 0 Å². The summed E-state index contributed by atoms with van der Waals surface area (Å²) in [5, 5.41) is 1.24. The van der Waals surface area contributed by atoms with Gasteiger partial charge in [0.2, 0.25) is 8.32 Å². The summed E-state index contributed by atoms with van der Waals surface area (Å²) in [6.45, 7) is 10.2. The van der Waals surface area contributed by atoms with Gasteiger partial charge >= 0.3 is 8.56 Å². The van der Waals surface area contributed by atoms with Crippen LogP contribution in [-0.4, -0.2) is 24.0 Å². The highest BCUT2D eigenvalue weighted by Gasteiger charge is 2.36. The van der Waals surface area contributed by atoms with Crippen molar-refractivity contribution in [1.82, 2.24) is 0 Å². The van der Waals surface area contributed by atoms with Crippen molar-refractivity contribution in [3.8, 4) is 0 Å². The van der Waals surface area contributed by atoms with Crippen LogP contribution in [0.25, 0.3) is 0 Å². The molecule has 1 aromatic carbocycles. The largest absolute Gasteiger partial charge is 0.429 e. The van der Waals surface area contributed by atoms with E-state index < -0.39 is 16.9 Å². The zero-order valence-corrected chi connectivity index (χ0v) is 12.5. The Morgan fingerprint density at radius 3 is 2.12 bits per heavy atom. The Balaban J connectivity index is 2.99. The molecule has 0 aromatic heterocycles. The van der Waals surface area contributed by atoms with Gasteiger partial charge < -0.3 is 8.54 Å². The van der Waals surface area contributed by atoms with Crippen LogP contribution in [0.4, 0.5) is 0 Å². The normalized spacial score (nSPS) is 15.5. The standard InChI is InChI=1S/C12H20O2Si2/c1-6-16(5,14-15(3,4)13-2)12-10-8-7-9-11-12/h6-11H,1H2,2-5H3. The summed E-state index contributed by atoms with van der Waals surface area (Å²) in [4.78, 5) is 0. The van der Waals surface area contributed by atoms with E-state index in [-0.39, 0.29) is 0 Å². The smallest absolute Gasteiger partial charge is 0.321 e. The van der Waals surface area contributed by atoms with Crippen molar-refractivity contribution in [2.24, 2.45) is 0 Å². The van der Waals surface area contributed by atoms with Crippen LogP contribution in [0.3, 0.4) is 0 Å². The minimum atomic E-state index is -2.06. The van der Waals surface area contributed by atoms with Gasteiger partial charge in [-0.3, -0.25) is 0 Å². The molecule has 0 aliphatic carbocycles. The van der Waals surface area contributed by atoms with Crippen LogP contribution >= 0.6 is 0 Å². The number of hydrogen-bond donors (Lipinski definition) is 0.